The van der Waals surface area contributed by atoms with Crippen LogP contribution < -0.4 is 10.1 Å². The van der Waals surface area contributed by atoms with Gasteiger partial charge in [-0.15, -0.1) is 0 Å². The molecule has 0 saturated heterocycles. The summed E-state index contributed by atoms with van der Waals surface area (Å²) < 4.78 is 6.70. The van der Waals surface area contributed by atoms with Crippen molar-refractivity contribution in [2.75, 3.05) is 25.2 Å². The maximum Gasteiger partial charge on any atom is 0.119 e. The van der Waals surface area contributed by atoms with E-state index in [0.717, 1.165) is 16.8 Å². The Hall–Kier alpha value is -0.190. The third kappa shape index (κ3) is 6.96. The van der Waals surface area contributed by atoms with E-state index in [2.05, 4.69) is 34.4 Å². The summed E-state index contributed by atoms with van der Waals surface area (Å²) in [4.78, 5) is 0. The van der Waals surface area contributed by atoms with Crippen LogP contribution in [0.2, 0.25) is 0 Å². The Morgan fingerprint density at radius 2 is 2.06 bits per heavy atom. The zero-order valence-electron chi connectivity index (χ0n) is 10.4. The smallest absolute Gasteiger partial charge is 0.119 e. The minimum Gasteiger partial charge on any atom is -0.492 e. The summed E-state index contributed by atoms with van der Waals surface area (Å²) in [6, 6.07) is 8.49. The van der Waals surface area contributed by atoms with Crippen molar-refractivity contribution in [2.24, 2.45) is 0 Å². The summed E-state index contributed by atoms with van der Waals surface area (Å²) >= 11 is 5.29. The molecule has 0 saturated carbocycles. The molecule has 0 amide bonds. The molecule has 1 atom stereocenters. The van der Waals surface area contributed by atoms with E-state index in [1.54, 1.807) is 0 Å². The van der Waals surface area contributed by atoms with E-state index in [4.69, 9.17) is 4.74 Å². The first-order chi connectivity index (χ1) is 8.22. The maximum atomic E-state index is 5.63. The molecule has 0 heterocycles. The van der Waals surface area contributed by atoms with Crippen LogP contribution in [0.3, 0.4) is 0 Å². The lowest BCUT2D eigenvalue weighted by atomic mass is 10.2. The molecule has 1 aromatic rings. The number of hydrogen-bond acceptors (Lipinski definition) is 3. The Kier molecular flexibility index (Phi) is 7.73. The fraction of sp³-hybridized carbons (Fsp3) is 0.538. The van der Waals surface area contributed by atoms with Crippen molar-refractivity contribution in [3.05, 3.63) is 28.7 Å². The Labute approximate surface area is 117 Å². The van der Waals surface area contributed by atoms with E-state index < -0.39 is 0 Å². The summed E-state index contributed by atoms with van der Waals surface area (Å²) in [6.45, 7) is 3.83. The predicted octanol–water partition coefficient (Wildman–Crippen LogP) is 3.56. The molecule has 0 aromatic heterocycles. The molecule has 0 aliphatic rings. The van der Waals surface area contributed by atoms with Crippen LogP contribution in [0.1, 0.15) is 13.3 Å². The van der Waals surface area contributed by atoms with Gasteiger partial charge < -0.3 is 10.1 Å². The van der Waals surface area contributed by atoms with Crippen LogP contribution in [0.15, 0.2) is 28.7 Å². The van der Waals surface area contributed by atoms with Crippen molar-refractivity contribution in [3.63, 3.8) is 0 Å². The van der Waals surface area contributed by atoms with E-state index in [9.17, 15) is 0 Å². The minimum atomic E-state index is 0.566. The quantitative estimate of drug-likeness (QED) is 0.741. The SMILES string of the molecule is CSCCC(C)NCCOc1ccc(Br)cc1. The lowest BCUT2D eigenvalue weighted by Crippen LogP contribution is -2.30. The molecule has 4 heteroatoms. The molecular weight excluding hydrogens is 298 g/mol. The van der Waals surface area contributed by atoms with E-state index in [0.29, 0.717) is 12.6 Å². The molecule has 17 heavy (non-hydrogen) atoms. The molecule has 0 spiro atoms. The van der Waals surface area contributed by atoms with Crippen LogP contribution in [-0.2, 0) is 0 Å². The summed E-state index contributed by atoms with van der Waals surface area (Å²) in [5.74, 6) is 2.13. The lowest BCUT2D eigenvalue weighted by molar-refractivity contribution is 0.306. The summed E-state index contributed by atoms with van der Waals surface area (Å²) in [7, 11) is 0. The maximum absolute atomic E-state index is 5.63. The first-order valence-corrected chi connectivity index (χ1v) is 8.01. The van der Waals surface area contributed by atoms with Crippen molar-refractivity contribution < 1.29 is 4.74 Å². The number of ether oxygens (including phenoxy) is 1. The molecule has 0 bridgehead atoms. The topological polar surface area (TPSA) is 21.3 Å². The second kappa shape index (κ2) is 8.84. The van der Waals surface area contributed by atoms with Gasteiger partial charge in [0.25, 0.3) is 0 Å². The monoisotopic (exact) mass is 317 g/mol. The molecule has 1 rings (SSSR count). The van der Waals surface area contributed by atoms with Crippen LogP contribution in [0, 0.1) is 0 Å². The zero-order valence-corrected chi connectivity index (χ0v) is 12.8. The highest BCUT2D eigenvalue weighted by atomic mass is 79.9. The lowest BCUT2D eigenvalue weighted by Gasteiger charge is -2.13. The molecule has 2 nitrogen and oxygen atoms in total. The first-order valence-electron chi connectivity index (χ1n) is 5.83. The molecule has 96 valence electrons. The van der Waals surface area contributed by atoms with Crippen LogP contribution in [-0.4, -0.2) is 31.2 Å². The van der Waals surface area contributed by atoms with Crippen LogP contribution >= 0.6 is 27.7 Å². The van der Waals surface area contributed by atoms with Crippen molar-refractivity contribution in [1.82, 2.24) is 5.32 Å². The van der Waals surface area contributed by atoms with E-state index in [1.807, 2.05) is 36.0 Å². The number of benzene rings is 1. The molecule has 0 radical (unpaired) electrons. The van der Waals surface area contributed by atoms with Gasteiger partial charge in [-0.25, -0.2) is 0 Å². The highest BCUT2D eigenvalue weighted by Gasteiger charge is 2.00. The number of halogens is 1. The van der Waals surface area contributed by atoms with Crippen molar-refractivity contribution in [1.29, 1.82) is 0 Å². The standard InChI is InChI=1S/C13H20BrNOS/c1-11(7-10-17-2)15-8-9-16-13-5-3-12(14)4-6-13/h3-6,11,15H,7-10H2,1-2H3. The normalized spacial score (nSPS) is 12.4. The van der Waals surface area contributed by atoms with Crippen LogP contribution in [0.4, 0.5) is 0 Å². The summed E-state index contributed by atoms with van der Waals surface area (Å²) in [5.41, 5.74) is 0. The van der Waals surface area contributed by atoms with Gasteiger partial charge >= 0.3 is 0 Å². The Morgan fingerprint density at radius 1 is 1.35 bits per heavy atom. The Bertz CT molecular complexity index is 305. The van der Waals surface area contributed by atoms with Gasteiger partial charge in [0.2, 0.25) is 0 Å². The average molecular weight is 318 g/mol. The highest BCUT2D eigenvalue weighted by molar-refractivity contribution is 9.10. The van der Waals surface area contributed by atoms with Gasteiger partial charge in [-0.2, -0.15) is 11.8 Å². The van der Waals surface area contributed by atoms with Crippen molar-refractivity contribution in [3.8, 4) is 5.75 Å². The van der Waals surface area contributed by atoms with Gasteiger partial charge in [0.05, 0.1) is 0 Å². The van der Waals surface area contributed by atoms with Gasteiger partial charge in [-0.05, 0) is 49.6 Å². The van der Waals surface area contributed by atoms with Crippen molar-refractivity contribution in [2.45, 2.75) is 19.4 Å². The summed E-state index contributed by atoms with van der Waals surface area (Å²) in [5, 5.41) is 3.45. The second-order valence-corrected chi connectivity index (χ2v) is 5.84. The Morgan fingerprint density at radius 3 is 2.71 bits per heavy atom. The fourth-order valence-electron chi connectivity index (χ4n) is 1.40. The summed E-state index contributed by atoms with van der Waals surface area (Å²) in [6.07, 6.45) is 3.35. The van der Waals surface area contributed by atoms with Crippen LogP contribution in [0.5, 0.6) is 5.75 Å². The largest absolute Gasteiger partial charge is 0.492 e. The number of nitrogens with one attached hydrogen (secondary N) is 1. The second-order valence-electron chi connectivity index (χ2n) is 3.94. The molecule has 0 fully saturated rings. The van der Waals surface area contributed by atoms with E-state index in [-0.39, 0.29) is 0 Å². The number of rotatable bonds is 8. The van der Waals surface area contributed by atoms with Gasteiger partial charge in [-0.3, -0.25) is 0 Å². The zero-order chi connectivity index (χ0) is 12.5. The first kappa shape index (κ1) is 14.9. The van der Waals surface area contributed by atoms with Gasteiger partial charge in [-0.1, -0.05) is 15.9 Å². The minimum absolute atomic E-state index is 0.566. The third-order valence-corrected chi connectivity index (χ3v) is 3.60. The van der Waals surface area contributed by atoms with E-state index >= 15 is 0 Å². The molecular formula is C13H20BrNOS. The van der Waals surface area contributed by atoms with Gasteiger partial charge in [0, 0.05) is 17.1 Å². The van der Waals surface area contributed by atoms with E-state index in [1.165, 1.54) is 12.2 Å². The van der Waals surface area contributed by atoms with Crippen molar-refractivity contribution >= 4 is 27.7 Å². The average Bonchev–Trinajstić information content (AvgIpc) is 2.34. The fourth-order valence-corrected chi connectivity index (χ4v) is 2.26. The molecule has 1 N–H and O–H groups in total. The molecule has 1 unspecified atom stereocenters. The highest BCUT2D eigenvalue weighted by Crippen LogP contribution is 2.15. The number of hydrogen-bond donors (Lipinski definition) is 1. The Balaban J connectivity index is 2.09. The van der Waals surface area contributed by atoms with Gasteiger partial charge in [0.1, 0.15) is 12.4 Å². The molecule has 1 aromatic carbocycles. The third-order valence-electron chi connectivity index (χ3n) is 2.43. The molecule has 0 aliphatic carbocycles. The number of thioether (sulfide) groups is 1. The predicted molar refractivity (Wildman–Crippen MR) is 80.1 cm³/mol. The molecule has 0 aliphatic heterocycles. The van der Waals surface area contributed by atoms with Crippen LogP contribution in [0.25, 0.3) is 0 Å². The van der Waals surface area contributed by atoms with Gasteiger partial charge in [0.15, 0.2) is 0 Å².